The van der Waals surface area contributed by atoms with Gasteiger partial charge in [-0.05, 0) is 152 Å². The summed E-state index contributed by atoms with van der Waals surface area (Å²) in [5, 5.41) is 5.58. The van der Waals surface area contributed by atoms with Crippen molar-refractivity contribution in [1.29, 1.82) is 0 Å². The van der Waals surface area contributed by atoms with Crippen LogP contribution >= 0.6 is 0 Å². The molecule has 5 saturated carbocycles. The maximum atomic E-state index is 16.5. The van der Waals surface area contributed by atoms with Crippen molar-refractivity contribution < 1.29 is 97.3 Å². The second-order valence-electron chi connectivity index (χ2n) is 34.2. The molecule has 9 aliphatic rings. The molecule has 0 aromatic carbocycles. The number of amidine groups is 1. The Kier molecular flexibility index (Phi) is 32.2. The number of hydrogen-bond acceptors (Lipinski definition) is 15. The molecule has 0 radical (unpaired) electrons. The van der Waals surface area contributed by atoms with Crippen molar-refractivity contribution in [3.8, 4) is 0 Å². The lowest BCUT2D eigenvalue weighted by Crippen LogP contribution is -2.63. The third-order valence-electron chi connectivity index (χ3n) is 26.6. The second-order valence-corrected chi connectivity index (χ2v) is 34.2. The van der Waals surface area contributed by atoms with E-state index >= 15 is 42.3 Å². The third kappa shape index (κ3) is 22.4. The molecule has 0 aromatic heterocycles. The molecule has 1 spiro atoms. The van der Waals surface area contributed by atoms with E-state index in [2.05, 4.69) is 10.6 Å². The van der Waals surface area contributed by atoms with Gasteiger partial charge >= 0.3 is 12.4 Å². The number of ether oxygens (including phenoxy) is 2. The van der Waals surface area contributed by atoms with Crippen molar-refractivity contribution in [1.82, 2.24) is 54.7 Å². The number of rotatable bonds is 15. The van der Waals surface area contributed by atoms with E-state index in [0.29, 0.717) is 44.9 Å². The van der Waals surface area contributed by atoms with Crippen LogP contribution in [0.2, 0.25) is 0 Å². The molecule has 9 rings (SSSR count). The number of nitrogens with two attached hydrogens (primary N) is 1. The number of likely N-dealkylation sites (N-methyl/N-ethyl adjacent to an activating group) is 5. The van der Waals surface area contributed by atoms with Crippen LogP contribution in [-0.2, 0) is 62.2 Å². The molecule has 0 aromatic rings. The smallest absolute Gasteiger partial charge is 0.386 e. The van der Waals surface area contributed by atoms with Crippen LogP contribution in [0.3, 0.4) is 0 Å². The predicted molar refractivity (Wildman–Crippen MR) is 410 cm³/mol. The van der Waals surface area contributed by atoms with E-state index in [-0.39, 0.29) is 141 Å². The minimum Gasteiger partial charge on any atom is -0.386 e. The van der Waals surface area contributed by atoms with Gasteiger partial charge in [0, 0.05) is 81.0 Å². The number of carbonyl (C=O) groups excluding carboxylic acids is 11. The van der Waals surface area contributed by atoms with E-state index in [9.17, 15) is 45.5 Å². The van der Waals surface area contributed by atoms with E-state index in [1.165, 1.54) is 59.7 Å². The van der Waals surface area contributed by atoms with E-state index in [1.54, 1.807) is 44.7 Å². The molecule has 34 heteroatoms. The lowest BCUT2D eigenvalue weighted by atomic mass is 9.75. The van der Waals surface area contributed by atoms with E-state index in [0.717, 1.165) is 40.4 Å². The molecule has 4 heterocycles. The van der Waals surface area contributed by atoms with Gasteiger partial charge in [-0.3, -0.25) is 57.7 Å². The Labute approximate surface area is 671 Å². The number of morpholine rings is 1. The number of nitrogens with zero attached hydrogens (tertiary/aromatic N) is 10. The van der Waals surface area contributed by atoms with Crippen LogP contribution in [0.25, 0.3) is 0 Å². The summed E-state index contributed by atoms with van der Waals surface area (Å²) in [4.78, 5) is 186. The second kappa shape index (κ2) is 40.5. The van der Waals surface area contributed by atoms with E-state index < -0.39 is 224 Å². The van der Waals surface area contributed by atoms with Crippen molar-refractivity contribution in [2.45, 2.75) is 286 Å². The summed E-state index contributed by atoms with van der Waals surface area (Å²) in [7, 11) is 6.85. The summed E-state index contributed by atoms with van der Waals surface area (Å²) in [6, 6.07) is -10.9. The number of carbonyl (C=O) groups is 11. The third-order valence-corrected chi connectivity index (χ3v) is 26.6. The highest BCUT2D eigenvalue weighted by Crippen LogP contribution is 2.46. The maximum Gasteiger partial charge on any atom is 0.397 e. The van der Waals surface area contributed by atoms with Gasteiger partial charge in [0.25, 0.3) is 5.91 Å². The maximum absolute atomic E-state index is 16.5. The largest absolute Gasteiger partial charge is 0.397 e. The molecule has 2 bridgehead atoms. The Balaban J connectivity index is 1.14. The van der Waals surface area contributed by atoms with Gasteiger partial charge < -0.3 is 69.9 Å². The number of nitrogens with one attached hydrogen (secondary N) is 2. The van der Waals surface area contributed by atoms with Crippen LogP contribution in [0.1, 0.15) is 201 Å². The van der Waals surface area contributed by atoms with E-state index in [1.807, 2.05) is 0 Å². The van der Waals surface area contributed by atoms with Crippen molar-refractivity contribution in [2.24, 2.45) is 52.2 Å². The Hall–Kier alpha value is -7.26. The monoisotopic (exact) mass is 1640 g/mol. The summed E-state index contributed by atoms with van der Waals surface area (Å²) < 4.78 is 128. The van der Waals surface area contributed by atoms with Gasteiger partial charge in [-0.25, -0.2) is 8.78 Å². The number of aliphatic imine (C=N–C) groups is 1. The standard InChI is InChI=1S/C81H125F8N13O13/c1-10-49(4)68-76(111)95(6)48-66(105)97(8)60-25-14-13-19-35-100(75(60)110)62(43-51-26-29-54(30-27-51)80(84,85)86)73(108)94(5)47-64(103)91-58(31-28-52-41-56(82)67(57(83)42-52)81(87,88)89)72(107)102-46-55(115-12-3)44-61(102)70(90)93-79(33-20-34-79)78(113)98(9)69(53-23-17-18-24-53)77(112)101(36-32-50-21-15-16-22-50)63(74(109)99-37-39-114-40-38-99)45-65(104)96(7)59(11-2)71(106)92-68/h13-14,49-63,67-69H,10-12,15-48H2,1-9H3,(H2,90,93)(H,91,103)(H,92,106)/b14-13-/t49-,51?,52?,54?,55+,56?,57?,58-,59-,60-,61-,62-,63-,67?,68-,69-/m0/s1. The zero-order valence-corrected chi connectivity index (χ0v) is 68.6. The van der Waals surface area contributed by atoms with Crippen LogP contribution in [0.4, 0.5) is 35.1 Å². The van der Waals surface area contributed by atoms with Crippen molar-refractivity contribution >= 4 is 70.8 Å². The minimum atomic E-state index is -5.21. The molecule has 5 aliphatic carbocycles. The zero-order chi connectivity index (χ0) is 84.1. The number of alkyl halides is 8. The first-order chi connectivity index (χ1) is 54.4. The van der Waals surface area contributed by atoms with Gasteiger partial charge in [0.15, 0.2) is 0 Å². The SMILES string of the molecule is CCO[C@@H]1C[C@H]2C(N)=NC3(CCC3)C(=O)N(C)[C@@H](C3CCCC3)C(=O)N(CCC3CCCC3)[C@H](C(=O)N3CCOCC3)CC(=O)N(C)[C@@H](CC)C(=O)N[C@@H]([C@@H](C)CC)C(=O)N(C)CC(=O)N(C)[C@H]3C/C=C\CCN(C3=O)[C@@H](CC3CCC(C(F)(F)F)CC3)C(=O)N(C)CC(=O)N[C@@H](CCC3CC(F)C(C(F)(F)F)C(F)C3)C(=O)N2C1. The van der Waals surface area contributed by atoms with Crippen LogP contribution < -0.4 is 16.4 Å². The average molecular weight is 1640 g/mol. The van der Waals surface area contributed by atoms with Crippen LogP contribution in [0.5, 0.6) is 0 Å². The molecule has 4 aliphatic heterocycles. The minimum absolute atomic E-state index is 0.00676. The summed E-state index contributed by atoms with van der Waals surface area (Å²) >= 11 is 0. The molecule has 115 heavy (non-hydrogen) atoms. The van der Waals surface area contributed by atoms with Gasteiger partial charge in [0.1, 0.15) is 71.9 Å². The molecule has 11 amide bonds. The van der Waals surface area contributed by atoms with Gasteiger partial charge in [-0.1, -0.05) is 77.9 Å². The highest BCUT2D eigenvalue weighted by molar-refractivity contribution is 6.01. The fourth-order valence-corrected chi connectivity index (χ4v) is 19.2. The number of hydrogen-bond donors (Lipinski definition) is 3. The van der Waals surface area contributed by atoms with Crippen molar-refractivity contribution in [3.05, 3.63) is 12.2 Å². The topological polar surface area (TPSA) is 298 Å². The van der Waals surface area contributed by atoms with Gasteiger partial charge in [0.2, 0.25) is 59.1 Å². The predicted octanol–water partition coefficient (Wildman–Crippen LogP) is 7.68. The normalized spacial score (nSPS) is 32.4. The molecule has 4 N–H and O–H groups in total. The molecular formula is C81H125F8N13O13. The van der Waals surface area contributed by atoms with Crippen molar-refractivity contribution in [2.75, 3.05) is 101 Å². The quantitative estimate of drug-likeness (QED) is 0.105. The Bertz CT molecular complexity index is 3440. The zero-order valence-electron chi connectivity index (χ0n) is 68.6. The first-order valence-corrected chi connectivity index (χ1v) is 42.1. The molecule has 12 atom stereocenters. The summed E-state index contributed by atoms with van der Waals surface area (Å²) in [5.41, 5.74) is 5.53. The Morgan fingerprint density at radius 1 is 0.652 bits per heavy atom. The molecule has 648 valence electrons. The Morgan fingerprint density at radius 2 is 1.29 bits per heavy atom. The van der Waals surface area contributed by atoms with Gasteiger partial charge in [-0.2, -0.15) is 26.3 Å². The first-order valence-electron chi connectivity index (χ1n) is 42.1. The highest BCUT2D eigenvalue weighted by Gasteiger charge is 2.56. The van der Waals surface area contributed by atoms with Crippen LogP contribution in [0.15, 0.2) is 17.1 Å². The van der Waals surface area contributed by atoms with Crippen LogP contribution in [-0.4, -0.2) is 300 Å². The molecule has 26 nitrogen and oxygen atoms in total. The lowest BCUT2D eigenvalue weighted by Gasteiger charge is -2.45. The molecule has 2 unspecified atom stereocenters. The number of fused-ring (bicyclic) bond motifs is 3. The van der Waals surface area contributed by atoms with Crippen molar-refractivity contribution in [3.63, 3.8) is 0 Å². The Morgan fingerprint density at radius 3 is 1.88 bits per heavy atom. The summed E-state index contributed by atoms with van der Waals surface area (Å²) in [5.74, 6) is -15.3. The molecule has 7 fully saturated rings. The fraction of sp³-hybridized carbons (Fsp3) is 0.827. The fourth-order valence-electron chi connectivity index (χ4n) is 19.2. The molecule has 2 saturated heterocycles. The average Bonchev–Trinajstić information content (AvgIpc) is 1.71. The first kappa shape index (κ1) is 91.6. The number of amides is 11. The molecular weight excluding hydrogens is 1510 g/mol. The highest BCUT2D eigenvalue weighted by atomic mass is 19.4. The summed E-state index contributed by atoms with van der Waals surface area (Å²) in [6.45, 7) is 5.84. The van der Waals surface area contributed by atoms with Gasteiger partial charge in [0.05, 0.1) is 50.8 Å². The number of halogens is 8. The van der Waals surface area contributed by atoms with E-state index in [4.69, 9.17) is 20.2 Å². The lowest BCUT2D eigenvalue weighted by molar-refractivity contribution is -0.219. The van der Waals surface area contributed by atoms with Crippen LogP contribution in [0, 0.1) is 41.4 Å². The summed E-state index contributed by atoms with van der Waals surface area (Å²) in [6.07, 6.45) is -8.19. The van der Waals surface area contributed by atoms with Gasteiger partial charge in [-0.15, -0.1) is 0 Å².